The molecule has 4 nitrogen and oxygen atoms in total. The van der Waals surface area contributed by atoms with E-state index in [2.05, 4.69) is 127 Å². The lowest BCUT2D eigenvalue weighted by molar-refractivity contribution is 0.644. The Bertz CT molecular complexity index is 2700. The standard InChI is InChI=1S/C48H34N4S/c1-31-37-21-12-14-24-43(37)53-44-30-42-39(29-40(44)45(31)32-15-5-2-6-16-32)38-22-11-13-23-41(38)52(42)36-27-25-35(26-28-36)48-50-46(33-17-7-3-8-18-33)49-47(51-48)34-19-9-4-10-20-34/h2-31,45H,1H3. The van der Waals surface area contributed by atoms with E-state index >= 15 is 0 Å². The van der Waals surface area contributed by atoms with E-state index in [0.29, 0.717) is 23.4 Å². The van der Waals surface area contributed by atoms with E-state index in [1.165, 1.54) is 48.3 Å². The topological polar surface area (TPSA) is 43.6 Å². The first-order chi connectivity index (χ1) is 26.2. The first-order valence-electron chi connectivity index (χ1n) is 18.1. The normalized spacial score (nSPS) is 15.2. The molecule has 0 bridgehead atoms. The Kier molecular flexibility index (Phi) is 7.73. The Morgan fingerprint density at radius 2 is 1.00 bits per heavy atom. The Hall–Kier alpha value is -6.30. The molecule has 1 aliphatic rings. The van der Waals surface area contributed by atoms with Crippen molar-refractivity contribution >= 4 is 33.6 Å². The third kappa shape index (κ3) is 5.52. The van der Waals surface area contributed by atoms with Crippen molar-refractivity contribution in [2.24, 2.45) is 0 Å². The van der Waals surface area contributed by atoms with Crippen LogP contribution < -0.4 is 0 Å². The van der Waals surface area contributed by atoms with Gasteiger partial charge in [-0.05, 0) is 71.1 Å². The van der Waals surface area contributed by atoms with Crippen LogP contribution in [0.1, 0.15) is 35.4 Å². The molecule has 2 unspecified atom stereocenters. The smallest absolute Gasteiger partial charge is 0.164 e. The van der Waals surface area contributed by atoms with E-state index in [1.54, 1.807) is 0 Å². The van der Waals surface area contributed by atoms with Crippen molar-refractivity contribution in [3.63, 3.8) is 0 Å². The number of rotatable bonds is 5. The molecule has 10 rings (SSSR count). The van der Waals surface area contributed by atoms with E-state index in [0.717, 1.165) is 22.4 Å². The van der Waals surface area contributed by atoms with Gasteiger partial charge < -0.3 is 4.57 Å². The lowest BCUT2D eigenvalue weighted by Crippen LogP contribution is -2.10. The van der Waals surface area contributed by atoms with Crippen LogP contribution in [0.25, 0.3) is 61.7 Å². The average molecular weight is 699 g/mol. The van der Waals surface area contributed by atoms with Crippen LogP contribution in [0.5, 0.6) is 0 Å². The van der Waals surface area contributed by atoms with Crippen molar-refractivity contribution in [2.75, 3.05) is 0 Å². The maximum Gasteiger partial charge on any atom is 0.164 e. The first-order valence-corrected chi connectivity index (χ1v) is 18.9. The molecular formula is C48H34N4S. The average Bonchev–Trinajstić information content (AvgIpc) is 3.48. The quantitative estimate of drug-likeness (QED) is 0.179. The summed E-state index contributed by atoms with van der Waals surface area (Å²) in [7, 11) is 0. The highest BCUT2D eigenvalue weighted by Crippen LogP contribution is 2.51. The molecule has 0 amide bonds. The first kappa shape index (κ1) is 31.4. The lowest BCUT2D eigenvalue weighted by Gasteiger charge is -2.25. The van der Waals surface area contributed by atoms with Crippen molar-refractivity contribution in [1.82, 2.24) is 19.5 Å². The predicted octanol–water partition coefficient (Wildman–Crippen LogP) is 12.4. The molecule has 1 aliphatic heterocycles. The third-order valence-corrected chi connectivity index (χ3v) is 11.7. The minimum atomic E-state index is 0.232. The molecule has 0 N–H and O–H groups in total. The zero-order valence-electron chi connectivity index (χ0n) is 29.1. The summed E-state index contributed by atoms with van der Waals surface area (Å²) in [5.41, 5.74) is 10.5. The number of hydrogen-bond acceptors (Lipinski definition) is 4. The molecule has 252 valence electrons. The van der Waals surface area contributed by atoms with Gasteiger partial charge in [-0.15, -0.1) is 0 Å². The maximum absolute atomic E-state index is 4.97. The molecule has 0 saturated heterocycles. The van der Waals surface area contributed by atoms with Gasteiger partial charge in [-0.2, -0.15) is 0 Å². The summed E-state index contributed by atoms with van der Waals surface area (Å²) in [6.07, 6.45) is 0. The Balaban J connectivity index is 1.13. The second kappa shape index (κ2) is 13.0. The Morgan fingerprint density at radius 3 is 1.66 bits per heavy atom. The monoisotopic (exact) mass is 698 g/mol. The molecule has 0 aliphatic carbocycles. The summed E-state index contributed by atoms with van der Waals surface area (Å²) >= 11 is 1.90. The van der Waals surface area contributed by atoms with Crippen LogP contribution in [-0.2, 0) is 0 Å². The predicted molar refractivity (Wildman–Crippen MR) is 218 cm³/mol. The minimum absolute atomic E-state index is 0.232. The molecule has 53 heavy (non-hydrogen) atoms. The molecule has 0 radical (unpaired) electrons. The van der Waals surface area contributed by atoms with Crippen molar-refractivity contribution in [1.29, 1.82) is 0 Å². The fraction of sp³-hybridized carbons (Fsp3) is 0.0625. The van der Waals surface area contributed by atoms with Gasteiger partial charge in [0.2, 0.25) is 0 Å². The second-order valence-electron chi connectivity index (χ2n) is 13.7. The largest absolute Gasteiger partial charge is 0.309 e. The second-order valence-corrected chi connectivity index (χ2v) is 14.7. The molecule has 5 heteroatoms. The molecule has 2 atom stereocenters. The molecule has 3 heterocycles. The van der Waals surface area contributed by atoms with Gasteiger partial charge in [-0.25, -0.2) is 15.0 Å². The SMILES string of the molecule is CC1c2ccccc2Sc2cc3c(cc2C1c1ccccc1)c1ccccc1n3-c1ccc(-c2nc(-c3ccccc3)nc(-c3ccccc3)n2)cc1. The number of fused-ring (bicyclic) bond motifs is 5. The van der Waals surface area contributed by atoms with E-state index in [9.17, 15) is 0 Å². The molecule has 0 saturated carbocycles. The van der Waals surface area contributed by atoms with Crippen LogP contribution in [0.2, 0.25) is 0 Å². The number of nitrogens with zero attached hydrogens (tertiary/aromatic N) is 4. The van der Waals surface area contributed by atoms with Gasteiger partial charge in [0.1, 0.15) is 0 Å². The zero-order chi connectivity index (χ0) is 35.3. The molecule has 0 fully saturated rings. The van der Waals surface area contributed by atoms with Crippen LogP contribution >= 0.6 is 11.8 Å². The van der Waals surface area contributed by atoms with Crippen LogP contribution in [0.15, 0.2) is 186 Å². The van der Waals surface area contributed by atoms with Crippen LogP contribution in [0.3, 0.4) is 0 Å². The fourth-order valence-electron chi connectivity index (χ4n) is 7.97. The van der Waals surface area contributed by atoms with Gasteiger partial charge in [-0.3, -0.25) is 0 Å². The van der Waals surface area contributed by atoms with Gasteiger partial charge in [0.05, 0.1) is 11.0 Å². The van der Waals surface area contributed by atoms with Crippen molar-refractivity contribution in [2.45, 2.75) is 28.6 Å². The van der Waals surface area contributed by atoms with Crippen molar-refractivity contribution in [3.05, 3.63) is 193 Å². The number of aromatic nitrogens is 4. The van der Waals surface area contributed by atoms with Crippen molar-refractivity contribution < 1.29 is 0 Å². The van der Waals surface area contributed by atoms with Gasteiger partial charge in [0.15, 0.2) is 17.5 Å². The molecular weight excluding hydrogens is 665 g/mol. The molecule has 9 aromatic rings. The van der Waals surface area contributed by atoms with E-state index in [1.807, 2.05) is 72.4 Å². The summed E-state index contributed by atoms with van der Waals surface area (Å²) in [6, 6.07) is 62.5. The summed E-state index contributed by atoms with van der Waals surface area (Å²) in [4.78, 5) is 17.5. The zero-order valence-corrected chi connectivity index (χ0v) is 29.9. The fourth-order valence-corrected chi connectivity index (χ4v) is 9.19. The highest BCUT2D eigenvalue weighted by atomic mass is 32.2. The maximum atomic E-state index is 4.97. The Morgan fingerprint density at radius 1 is 0.453 bits per heavy atom. The summed E-state index contributed by atoms with van der Waals surface area (Å²) < 4.78 is 2.41. The van der Waals surface area contributed by atoms with E-state index in [4.69, 9.17) is 15.0 Å². The van der Waals surface area contributed by atoms with Gasteiger partial charge in [-0.1, -0.05) is 146 Å². The highest BCUT2D eigenvalue weighted by molar-refractivity contribution is 7.99. The summed E-state index contributed by atoms with van der Waals surface area (Å²) in [5.74, 6) is 2.51. The van der Waals surface area contributed by atoms with E-state index in [-0.39, 0.29) is 5.92 Å². The van der Waals surface area contributed by atoms with Crippen molar-refractivity contribution in [3.8, 4) is 39.9 Å². The third-order valence-electron chi connectivity index (χ3n) is 10.5. The number of hydrogen-bond donors (Lipinski definition) is 0. The molecule has 0 spiro atoms. The Labute approximate surface area is 312 Å². The summed E-state index contributed by atoms with van der Waals surface area (Å²) in [5, 5.41) is 2.51. The van der Waals surface area contributed by atoms with Gasteiger partial charge in [0, 0.05) is 48.9 Å². The molecule has 2 aromatic heterocycles. The molecule has 7 aromatic carbocycles. The summed E-state index contributed by atoms with van der Waals surface area (Å²) in [6.45, 7) is 2.39. The van der Waals surface area contributed by atoms with Crippen LogP contribution in [0, 0.1) is 0 Å². The minimum Gasteiger partial charge on any atom is -0.309 e. The number of benzene rings is 7. The highest BCUT2D eigenvalue weighted by Gasteiger charge is 2.31. The van der Waals surface area contributed by atoms with Crippen LogP contribution in [-0.4, -0.2) is 19.5 Å². The number of para-hydroxylation sites is 1. The van der Waals surface area contributed by atoms with Gasteiger partial charge >= 0.3 is 0 Å². The lowest BCUT2D eigenvalue weighted by atomic mass is 9.78. The van der Waals surface area contributed by atoms with Crippen LogP contribution in [0.4, 0.5) is 0 Å². The van der Waals surface area contributed by atoms with E-state index < -0.39 is 0 Å². The van der Waals surface area contributed by atoms with Gasteiger partial charge in [0.25, 0.3) is 0 Å².